The van der Waals surface area contributed by atoms with E-state index < -0.39 is 0 Å². The highest BCUT2D eigenvalue weighted by molar-refractivity contribution is 5.74. The molecule has 0 aliphatic rings. The zero-order valence-electron chi connectivity index (χ0n) is 12.5. The van der Waals surface area contributed by atoms with Gasteiger partial charge in [0.15, 0.2) is 0 Å². The van der Waals surface area contributed by atoms with Crippen molar-refractivity contribution >= 4 is 6.29 Å². The zero-order valence-corrected chi connectivity index (χ0v) is 12.5. The zero-order chi connectivity index (χ0) is 15.1. The van der Waals surface area contributed by atoms with Crippen molar-refractivity contribution in [1.82, 2.24) is 0 Å². The molecule has 0 heterocycles. The van der Waals surface area contributed by atoms with Gasteiger partial charge in [-0.15, -0.1) is 0 Å². The lowest BCUT2D eigenvalue weighted by Gasteiger charge is -2.10. The summed E-state index contributed by atoms with van der Waals surface area (Å²) >= 11 is 0. The Hall–Kier alpha value is -2.29. The van der Waals surface area contributed by atoms with Crippen molar-refractivity contribution in [2.24, 2.45) is 0 Å². The Morgan fingerprint density at radius 2 is 1.62 bits per heavy atom. The van der Waals surface area contributed by atoms with Crippen LogP contribution in [0.2, 0.25) is 0 Å². The quantitative estimate of drug-likeness (QED) is 0.572. The van der Waals surface area contributed by atoms with Crippen molar-refractivity contribution in [2.45, 2.75) is 20.3 Å². The van der Waals surface area contributed by atoms with Crippen molar-refractivity contribution in [3.05, 3.63) is 59.2 Å². The SMILES string of the molecule is CCc1cc(C)cc(OCCOc2ccc(C=O)cc2)c1. The lowest BCUT2D eigenvalue weighted by atomic mass is 10.1. The fourth-order valence-electron chi connectivity index (χ4n) is 2.07. The van der Waals surface area contributed by atoms with Crippen molar-refractivity contribution in [3.63, 3.8) is 0 Å². The topological polar surface area (TPSA) is 35.5 Å². The monoisotopic (exact) mass is 284 g/mol. The van der Waals surface area contributed by atoms with Gasteiger partial charge in [0.05, 0.1) is 0 Å². The van der Waals surface area contributed by atoms with Crippen molar-refractivity contribution < 1.29 is 14.3 Å². The van der Waals surface area contributed by atoms with Crippen LogP contribution in [0.4, 0.5) is 0 Å². The van der Waals surface area contributed by atoms with E-state index in [-0.39, 0.29) is 0 Å². The molecule has 0 N–H and O–H groups in total. The Balaban J connectivity index is 1.81. The minimum absolute atomic E-state index is 0.468. The molecule has 0 aromatic heterocycles. The fourth-order valence-corrected chi connectivity index (χ4v) is 2.07. The third-order valence-electron chi connectivity index (χ3n) is 3.16. The molecule has 0 amide bonds. The molecule has 2 aromatic rings. The second-order valence-electron chi connectivity index (χ2n) is 4.89. The Morgan fingerprint density at radius 1 is 0.952 bits per heavy atom. The first-order valence-electron chi connectivity index (χ1n) is 7.12. The van der Waals surface area contributed by atoms with Gasteiger partial charge < -0.3 is 9.47 Å². The summed E-state index contributed by atoms with van der Waals surface area (Å²) in [5, 5.41) is 0. The molecule has 3 heteroatoms. The van der Waals surface area contributed by atoms with Gasteiger partial charge >= 0.3 is 0 Å². The van der Waals surface area contributed by atoms with Crippen LogP contribution in [0.3, 0.4) is 0 Å². The van der Waals surface area contributed by atoms with Gasteiger partial charge in [0.25, 0.3) is 0 Å². The van der Waals surface area contributed by atoms with E-state index in [0.717, 1.165) is 24.2 Å². The Morgan fingerprint density at radius 3 is 2.24 bits per heavy atom. The van der Waals surface area contributed by atoms with Gasteiger partial charge in [0, 0.05) is 5.56 Å². The van der Waals surface area contributed by atoms with Gasteiger partial charge in [-0.25, -0.2) is 0 Å². The van der Waals surface area contributed by atoms with E-state index in [1.165, 1.54) is 11.1 Å². The molecule has 0 saturated heterocycles. The molecular formula is C18H20O3. The molecular weight excluding hydrogens is 264 g/mol. The van der Waals surface area contributed by atoms with E-state index in [0.29, 0.717) is 18.8 Å². The van der Waals surface area contributed by atoms with E-state index in [1.807, 2.05) is 6.07 Å². The molecule has 0 aliphatic carbocycles. The normalized spacial score (nSPS) is 10.2. The van der Waals surface area contributed by atoms with Crippen LogP contribution in [0.5, 0.6) is 11.5 Å². The average Bonchev–Trinajstić information content (AvgIpc) is 2.51. The number of rotatable bonds is 7. The predicted molar refractivity (Wildman–Crippen MR) is 83.4 cm³/mol. The lowest BCUT2D eigenvalue weighted by Crippen LogP contribution is -2.09. The number of hydrogen-bond acceptors (Lipinski definition) is 3. The number of aryl methyl sites for hydroxylation is 2. The van der Waals surface area contributed by atoms with Crippen LogP contribution in [0.25, 0.3) is 0 Å². The molecule has 0 saturated carbocycles. The highest BCUT2D eigenvalue weighted by atomic mass is 16.5. The first-order valence-corrected chi connectivity index (χ1v) is 7.12. The molecule has 0 fully saturated rings. The molecule has 0 unspecified atom stereocenters. The third kappa shape index (κ3) is 4.63. The maximum absolute atomic E-state index is 10.6. The molecule has 0 radical (unpaired) electrons. The molecule has 0 spiro atoms. The van der Waals surface area contributed by atoms with E-state index in [9.17, 15) is 4.79 Å². The molecule has 0 bridgehead atoms. The van der Waals surface area contributed by atoms with Gasteiger partial charge in [-0.3, -0.25) is 4.79 Å². The van der Waals surface area contributed by atoms with E-state index in [2.05, 4.69) is 26.0 Å². The van der Waals surface area contributed by atoms with Crippen LogP contribution in [-0.2, 0) is 6.42 Å². The van der Waals surface area contributed by atoms with Gasteiger partial charge in [0.2, 0.25) is 0 Å². The number of carbonyl (C=O) groups excluding carboxylic acids is 1. The number of ether oxygens (including phenoxy) is 2. The summed E-state index contributed by atoms with van der Waals surface area (Å²) in [6, 6.07) is 13.3. The van der Waals surface area contributed by atoms with Crippen LogP contribution in [0, 0.1) is 6.92 Å². The number of carbonyl (C=O) groups is 1. The highest BCUT2D eigenvalue weighted by Crippen LogP contribution is 2.17. The van der Waals surface area contributed by atoms with Crippen LogP contribution in [0.1, 0.15) is 28.4 Å². The second kappa shape index (κ2) is 7.48. The fraction of sp³-hybridized carbons (Fsp3) is 0.278. The molecule has 2 rings (SSSR count). The molecule has 0 aliphatic heterocycles. The summed E-state index contributed by atoms with van der Waals surface area (Å²) in [4.78, 5) is 10.6. The maximum Gasteiger partial charge on any atom is 0.150 e. The minimum Gasteiger partial charge on any atom is -0.490 e. The summed E-state index contributed by atoms with van der Waals surface area (Å²) < 4.78 is 11.3. The van der Waals surface area contributed by atoms with Crippen LogP contribution in [0.15, 0.2) is 42.5 Å². The van der Waals surface area contributed by atoms with E-state index in [1.54, 1.807) is 24.3 Å². The summed E-state index contributed by atoms with van der Waals surface area (Å²) in [6.45, 7) is 5.15. The lowest BCUT2D eigenvalue weighted by molar-refractivity contribution is 0.112. The summed E-state index contributed by atoms with van der Waals surface area (Å²) in [7, 11) is 0. The average molecular weight is 284 g/mol. The molecule has 110 valence electrons. The van der Waals surface area contributed by atoms with E-state index in [4.69, 9.17) is 9.47 Å². The third-order valence-corrected chi connectivity index (χ3v) is 3.16. The number of aldehydes is 1. The van der Waals surface area contributed by atoms with E-state index >= 15 is 0 Å². The van der Waals surface area contributed by atoms with Crippen LogP contribution >= 0.6 is 0 Å². The number of benzene rings is 2. The minimum atomic E-state index is 0.468. The van der Waals surface area contributed by atoms with Gasteiger partial charge in [-0.05, 0) is 60.9 Å². The number of hydrogen-bond donors (Lipinski definition) is 0. The predicted octanol–water partition coefficient (Wildman–Crippen LogP) is 3.83. The first kappa shape index (κ1) is 15.1. The smallest absolute Gasteiger partial charge is 0.150 e. The first-order chi connectivity index (χ1) is 10.2. The summed E-state index contributed by atoms with van der Waals surface area (Å²) in [6.07, 6.45) is 1.81. The maximum atomic E-state index is 10.6. The van der Waals surface area contributed by atoms with Crippen LogP contribution < -0.4 is 9.47 Å². The summed E-state index contributed by atoms with van der Waals surface area (Å²) in [5.41, 5.74) is 3.12. The van der Waals surface area contributed by atoms with Gasteiger partial charge in [-0.2, -0.15) is 0 Å². The Kier molecular flexibility index (Phi) is 5.38. The van der Waals surface area contributed by atoms with Gasteiger partial charge in [0.1, 0.15) is 31.0 Å². The summed E-state index contributed by atoms with van der Waals surface area (Å²) in [5.74, 6) is 1.62. The largest absolute Gasteiger partial charge is 0.490 e. The van der Waals surface area contributed by atoms with Crippen molar-refractivity contribution in [2.75, 3.05) is 13.2 Å². The Labute approximate surface area is 125 Å². The molecule has 3 nitrogen and oxygen atoms in total. The standard InChI is InChI=1S/C18H20O3/c1-3-15-10-14(2)11-18(12-15)21-9-8-20-17-6-4-16(13-19)5-7-17/h4-7,10-13H,3,8-9H2,1-2H3. The molecule has 21 heavy (non-hydrogen) atoms. The Bertz CT molecular complexity index is 588. The van der Waals surface area contributed by atoms with Crippen LogP contribution in [-0.4, -0.2) is 19.5 Å². The second-order valence-corrected chi connectivity index (χ2v) is 4.89. The van der Waals surface area contributed by atoms with Crippen molar-refractivity contribution in [1.29, 1.82) is 0 Å². The highest BCUT2D eigenvalue weighted by Gasteiger charge is 1.99. The molecule has 0 atom stereocenters. The van der Waals surface area contributed by atoms with Gasteiger partial charge in [-0.1, -0.05) is 13.0 Å². The molecule has 2 aromatic carbocycles. The van der Waals surface area contributed by atoms with Crippen molar-refractivity contribution in [3.8, 4) is 11.5 Å².